The molecule has 0 spiro atoms. The largest absolute Gasteiger partial charge is 0.378 e. The predicted molar refractivity (Wildman–Crippen MR) is 93.4 cm³/mol. The van der Waals surface area contributed by atoms with E-state index in [2.05, 4.69) is 97.6 Å². The molecular weight excluding hydrogens is 256 g/mol. The van der Waals surface area contributed by atoms with Gasteiger partial charge in [0.05, 0.1) is 0 Å². The molecule has 1 aromatic carbocycles. The highest BCUT2D eigenvalue weighted by atomic mass is 15.1. The van der Waals surface area contributed by atoms with Gasteiger partial charge >= 0.3 is 0 Å². The molecule has 1 heterocycles. The molecule has 1 aliphatic heterocycles. The summed E-state index contributed by atoms with van der Waals surface area (Å²) in [5.41, 5.74) is 3.71. The zero-order chi connectivity index (χ0) is 15.1. The van der Waals surface area contributed by atoms with E-state index in [1.807, 2.05) is 0 Å². The summed E-state index contributed by atoms with van der Waals surface area (Å²) < 4.78 is 0. The van der Waals surface area contributed by atoms with Gasteiger partial charge in [-0.15, -0.1) is 0 Å². The molecule has 0 aromatic heterocycles. The maximum Gasteiger partial charge on any atom is 0.0368 e. The van der Waals surface area contributed by atoms with Crippen LogP contribution in [0.15, 0.2) is 66.4 Å². The van der Waals surface area contributed by atoms with E-state index in [0.717, 1.165) is 13.1 Å². The summed E-state index contributed by atoms with van der Waals surface area (Å²) in [7, 11) is 4.11. The third-order valence-corrected chi connectivity index (χ3v) is 3.55. The lowest BCUT2D eigenvalue weighted by Gasteiger charge is -2.24. The van der Waals surface area contributed by atoms with Gasteiger partial charge in [-0.2, -0.15) is 0 Å². The lowest BCUT2D eigenvalue weighted by Crippen LogP contribution is -2.23. The summed E-state index contributed by atoms with van der Waals surface area (Å²) in [5, 5.41) is 0. The molecule has 0 amide bonds. The Labute approximate surface area is 128 Å². The molecule has 0 aliphatic carbocycles. The van der Waals surface area contributed by atoms with Gasteiger partial charge in [0, 0.05) is 38.6 Å². The van der Waals surface area contributed by atoms with E-state index < -0.39 is 0 Å². The topological polar surface area (TPSA) is 6.48 Å². The zero-order valence-corrected chi connectivity index (χ0v) is 13.2. The summed E-state index contributed by atoms with van der Waals surface area (Å²) in [4.78, 5) is 4.45. The summed E-state index contributed by atoms with van der Waals surface area (Å²) in [6.45, 7) is 4.22. The minimum atomic E-state index is 1.00. The third kappa shape index (κ3) is 4.38. The zero-order valence-electron chi connectivity index (χ0n) is 13.2. The van der Waals surface area contributed by atoms with Crippen molar-refractivity contribution < 1.29 is 0 Å². The highest BCUT2D eigenvalue weighted by molar-refractivity contribution is 5.56. The molecular formula is C19H24N2. The Morgan fingerprint density at radius 2 is 1.81 bits per heavy atom. The number of rotatable bonds is 5. The predicted octanol–water partition coefficient (Wildman–Crippen LogP) is 4.10. The second-order valence-electron chi connectivity index (χ2n) is 5.26. The number of allylic oxidation sites excluding steroid dienone is 5. The van der Waals surface area contributed by atoms with Crippen LogP contribution in [0.25, 0.3) is 6.08 Å². The normalized spacial score (nSPS) is 15.0. The number of hydrogen-bond donors (Lipinski definition) is 0. The van der Waals surface area contributed by atoms with Crippen LogP contribution < -0.4 is 4.90 Å². The second kappa shape index (κ2) is 7.53. The van der Waals surface area contributed by atoms with Crippen LogP contribution in [-0.4, -0.2) is 32.1 Å². The van der Waals surface area contributed by atoms with Crippen LogP contribution in [0.4, 0.5) is 5.69 Å². The Balaban J connectivity index is 1.97. The molecule has 0 N–H and O–H groups in total. The summed E-state index contributed by atoms with van der Waals surface area (Å²) in [6, 6.07) is 8.55. The molecule has 1 aromatic rings. The Morgan fingerprint density at radius 1 is 1.10 bits per heavy atom. The van der Waals surface area contributed by atoms with Gasteiger partial charge in [0.2, 0.25) is 0 Å². The highest BCUT2D eigenvalue weighted by Gasteiger charge is 2.03. The van der Waals surface area contributed by atoms with E-state index in [1.54, 1.807) is 0 Å². The van der Waals surface area contributed by atoms with Gasteiger partial charge in [0.1, 0.15) is 0 Å². The SMILES string of the molecule is CCN1CC=CC=C1C=CC=Cc1ccc(N(C)C)cc1. The number of benzene rings is 1. The van der Waals surface area contributed by atoms with Crippen molar-refractivity contribution in [3.05, 3.63) is 72.0 Å². The van der Waals surface area contributed by atoms with Gasteiger partial charge in [-0.25, -0.2) is 0 Å². The minimum absolute atomic E-state index is 1.00. The van der Waals surface area contributed by atoms with Crippen molar-refractivity contribution >= 4 is 11.8 Å². The van der Waals surface area contributed by atoms with Crippen molar-refractivity contribution in [1.29, 1.82) is 0 Å². The van der Waals surface area contributed by atoms with Crippen LogP contribution in [0, 0.1) is 0 Å². The monoisotopic (exact) mass is 280 g/mol. The Kier molecular flexibility index (Phi) is 5.44. The summed E-state index contributed by atoms with van der Waals surface area (Å²) >= 11 is 0. The Morgan fingerprint density at radius 3 is 2.48 bits per heavy atom. The quantitative estimate of drug-likeness (QED) is 0.749. The fourth-order valence-corrected chi connectivity index (χ4v) is 2.24. The van der Waals surface area contributed by atoms with Gasteiger partial charge in [-0.05, 0) is 36.8 Å². The van der Waals surface area contributed by atoms with Gasteiger partial charge in [0.25, 0.3) is 0 Å². The van der Waals surface area contributed by atoms with Crippen molar-refractivity contribution in [1.82, 2.24) is 4.90 Å². The standard InChI is InChI=1S/C19H24N2/c1-4-21-16-8-7-11-19(21)10-6-5-9-17-12-14-18(15-13-17)20(2)3/h5-15H,4,16H2,1-3H3. The fourth-order valence-electron chi connectivity index (χ4n) is 2.24. The van der Waals surface area contributed by atoms with Gasteiger partial charge in [0.15, 0.2) is 0 Å². The van der Waals surface area contributed by atoms with Gasteiger partial charge in [-0.1, -0.05) is 42.5 Å². The van der Waals surface area contributed by atoms with Crippen molar-refractivity contribution in [2.24, 2.45) is 0 Å². The maximum atomic E-state index is 2.34. The number of anilines is 1. The van der Waals surface area contributed by atoms with Crippen LogP contribution >= 0.6 is 0 Å². The minimum Gasteiger partial charge on any atom is -0.378 e. The van der Waals surface area contributed by atoms with E-state index in [1.165, 1.54) is 16.9 Å². The number of likely N-dealkylation sites (N-methyl/N-ethyl adjacent to an activating group) is 1. The maximum absolute atomic E-state index is 2.34. The average Bonchev–Trinajstić information content (AvgIpc) is 2.52. The molecule has 1 aliphatic rings. The van der Waals surface area contributed by atoms with E-state index in [4.69, 9.17) is 0 Å². The van der Waals surface area contributed by atoms with Crippen molar-refractivity contribution in [3.8, 4) is 0 Å². The molecule has 2 heteroatoms. The molecule has 0 unspecified atom stereocenters. The Hall–Kier alpha value is -2.22. The lowest BCUT2D eigenvalue weighted by atomic mass is 10.2. The molecule has 2 nitrogen and oxygen atoms in total. The first kappa shape index (κ1) is 15.2. The summed E-state index contributed by atoms with van der Waals surface area (Å²) in [5.74, 6) is 0. The van der Waals surface area contributed by atoms with Crippen LogP contribution in [0.3, 0.4) is 0 Å². The first-order chi connectivity index (χ1) is 10.2. The molecule has 0 bridgehead atoms. The van der Waals surface area contributed by atoms with E-state index in [0.29, 0.717) is 0 Å². The molecule has 110 valence electrons. The van der Waals surface area contributed by atoms with Gasteiger partial charge in [-0.3, -0.25) is 0 Å². The molecule has 2 rings (SSSR count). The molecule has 0 atom stereocenters. The van der Waals surface area contributed by atoms with E-state index >= 15 is 0 Å². The molecule has 0 saturated heterocycles. The van der Waals surface area contributed by atoms with Crippen molar-refractivity contribution in [3.63, 3.8) is 0 Å². The van der Waals surface area contributed by atoms with E-state index in [-0.39, 0.29) is 0 Å². The first-order valence-corrected chi connectivity index (χ1v) is 7.44. The summed E-state index contributed by atoms with van der Waals surface area (Å²) in [6.07, 6.45) is 15.0. The molecule has 0 fully saturated rings. The molecule has 21 heavy (non-hydrogen) atoms. The van der Waals surface area contributed by atoms with Crippen LogP contribution in [0.2, 0.25) is 0 Å². The van der Waals surface area contributed by atoms with E-state index in [9.17, 15) is 0 Å². The molecule has 0 radical (unpaired) electrons. The highest BCUT2D eigenvalue weighted by Crippen LogP contribution is 2.14. The van der Waals surface area contributed by atoms with Crippen molar-refractivity contribution in [2.75, 3.05) is 32.1 Å². The Bertz CT molecular complexity index is 560. The fraction of sp³-hybridized carbons (Fsp3) is 0.263. The smallest absolute Gasteiger partial charge is 0.0368 e. The average molecular weight is 280 g/mol. The lowest BCUT2D eigenvalue weighted by molar-refractivity contribution is 0.410. The first-order valence-electron chi connectivity index (χ1n) is 7.44. The van der Waals surface area contributed by atoms with Crippen molar-refractivity contribution in [2.45, 2.75) is 6.92 Å². The van der Waals surface area contributed by atoms with Crippen LogP contribution in [0.5, 0.6) is 0 Å². The second-order valence-corrected chi connectivity index (χ2v) is 5.26. The number of hydrogen-bond acceptors (Lipinski definition) is 2. The third-order valence-electron chi connectivity index (χ3n) is 3.55. The van der Waals surface area contributed by atoms with Crippen LogP contribution in [0.1, 0.15) is 12.5 Å². The molecule has 0 saturated carbocycles. The van der Waals surface area contributed by atoms with Crippen LogP contribution in [-0.2, 0) is 0 Å². The number of nitrogens with zero attached hydrogens (tertiary/aromatic N) is 2. The van der Waals surface area contributed by atoms with Gasteiger partial charge < -0.3 is 9.80 Å².